The van der Waals surface area contributed by atoms with Crippen LogP contribution in [0.25, 0.3) is 33.0 Å². The van der Waals surface area contributed by atoms with Crippen molar-refractivity contribution in [2.75, 3.05) is 0 Å². The van der Waals surface area contributed by atoms with Crippen molar-refractivity contribution in [2.24, 2.45) is 0 Å². The van der Waals surface area contributed by atoms with Crippen molar-refractivity contribution in [3.63, 3.8) is 0 Å². The summed E-state index contributed by atoms with van der Waals surface area (Å²) in [6, 6.07) is 20.2. The molecule has 0 amide bonds. The summed E-state index contributed by atoms with van der Waals surface area (Å²) in [5.41, 5.74) is 5.95. The quantitative estimate of drug-likeness (QED) is 0.203. The maximum absolute atomic E-state index is 5.62. The fourth-order valence-corrected chi connectivity index (χ4v) is 3.44. The third kappa shape index (κ3) is 7.31. The maximum atomic E-state index is 5.62. The van der Waals surface area contributed by atoms with Crippen molar-refractivity contribution in [3.8, 4) is 11.3 Å². The molecule has 0 saturated heterocycles. The molecule has 0 bridgehead atoms. The summed E-state index contributed by atoms with van der Waals surface area (Å²) in [4.78, 5) is 8.55. The smallest absolute Gasteiger partial charge is 0.672 e. The Hall–Kier alpha value is -2.37. The first-order chi connectivity index (χ1) is 15.8. The molecule has 0 aliphatic carbocycles. The molecule has 2 aromatic carbocycles. The summed E-state index contributed by atoms with van der Waals surface area (Å²) < 4.78 is 5.62. The van der Waals surface area contributed by atoms with Gasteiger partial charge in [-0.05, 0) is 19.4 Å². The largest absolute Gasteiger partial charge is 3.00 e. The van der Waals surface area contributed by atoms with E-state index in [1.54, 1.807) is 0 Å². The van der Waals surface area contributed by atoms with Gasteiger partial charge in [0, 0.05) is 11.1 Å². The summed E-state index contributed by atoms with van der Waals surface area (Å²) in [7, 11) is 0. The Morgan fingerprint density at radius 2 is 1.50 bits per heavy atom. The van der Waals surface area contributed by atoms with Crippen molar-refractivity contribution in [3.05, 3.63) is 94.0 Å². The fraction of sp³-hybridized carbons (Fsp3) is 0.357. The minimum atomic E-state index is -0.00815. The van der Waals surface area contributed by atoms with Crippen LogP contribution in [-0.4, -0.2) is 22.1 Å². The summed E-state index contributed by atoms with van der Waals surface area (Å²) in [5.74, 6) is 0.888. The molecule has 0 radical (unpaired) electrons. The van der Waals surface area contributed by atoms with E-state index in [2.05, 4.69) is 72.6 Å². The van der Waals surface area contributed by atoms with E-state index in [0.717, 1.165) is 28.0 Å². The molecule has 0 fully saturated rings. The van der Waals surface area contributed by atoms with Gasteiger partial charge in [-0.15, -0.1) is 47.5 Å². The van der Waals surface area contributed by atoms with Gasteiger partial charge < -0.3 is 15.1 Å². The molecule has 2 heterocycles. The van der Waals surface area contributed by atoms with E-state index in [9.17, 15) is 0 Å². The normalized spacial score (nSPS) is 11.0. The van der Waals surface area contributed by atoms with Crippen molar-refractivity contribution in [1.82, 2.24) is 9.97 Å². The van der Waals surface area contributed by atoms with Crippen LogP contribution in [0.2, 0.25) is 0 Å². The SMILES string of the molecule is CC(C)[N-]C([N-]C(C)C)c1ccccc1.Cc1c[c-]c(-c2ncnc3oc(C)c(C)c23)cc1.[Ir+3]. The topological polar surface area (TPSA) is 67.1 Å². The third-order valence-electron chi connectivity index (χ3n) is 5.17. The van der Waals surface area contributed by atoms with Gasteiger partial charge in [0.2, 0.25) is 5.71 Å². The first-order valence-electron chi connectivity index (χ1n) is 11.4. The Kier molecular flexibility index (Phi) is 10.6. The van der Waals surface area contributed by atoms with Crippen LogP contribution < -0.4 is 0 Å². The Labute approximate surface area is 217 Å². The Bertz CT molecular complexity index is 1140. The third-order valence-corrected chi connectivity index (χ3v) is 5.17. The summed E-state index contributed by atoms with van der Waals surface area (Å²) in [5, 5.41) is 10.2. The van der Waals surface area contributed by atoms with Gasteiger partial charge in [-0.2, -0.15) is 0 Å². The Balaban J connectivity index is 0.000000238. The van der Waals surface area contributed by atoms with Gasteiger partial charge in [0.25, 0.3) is 0 Å². The van der Waals surface area contributed by atoms with E-state index in [-0.39, 0.29) is 26.3 Å². The average Bonchev–Trinajstić information content (AvgIpc) is 3.08. The van der Waals surface area contributed by atoms with E-state index in [1.807, 2.05) is 51.1 Å². The van der Waals surface area contributed by atoms with Crippen LogP contribution in [0.15, 0.2) is 59.3 Å². The van der Waals surface area contributed by atoms with Gasteiger partial charge in [-0.3, -0.25) is 4.98 Å². The average molecular weight is 634 g/mol. The molecule has 0 aliphatic rings. The minimum absolute atomic E-state index is 0. The van der Waals surface area contributed by atoms with Gasteiger partial charge in [0.1, 0.15) is 12.1 Å². The predicted octanol–water partition coefficient (Wildman–Crippen LogP) is 7.86. The zero-order chi connectivity index (χ0) is 24.0. The Morgan fingerprint density at radius 1 is 0.853 bits per heavy atom. The number of fused-ring (bicyclic) bond motifs is 1. The number of hydrogen-bond donors (Lipinski definition) is 0. The molecular weight excluding hydrogens is 601 g/mol. The number of benzene rings is 2. The number of rotatable bonds is 6. The van der Waals surface area contributed by atoms with E-state index in [4.69, 9.17) is 4.42 Å². The Morgan fingerprint density at radius 3 is 2.06 bits per heavy atom. The number of furan rings is 1. The maximum Gasteiger partial charge on any atom is 3.00 e. The van der Waals surface area contributed by atoms with Crippen LogP contribution >= 0.6 is 0 Å². The first kappa shape index (κ1) is 27.9. The van der Waals surface area contributed by atoms with Gasteiger partial charge in [-0.1, -0.05) is 70.5 Å². The van der Waals surface area contributed by atoms with Crippen molar-refractivity contribution >= 4 is 11.1 Å². The molecule has 34 heavy (non-hydrogen) atoms. The number of hydrogen-bond acceptors (Lipinski definition) is 3. The number of aryl methyl sites for hydroxylation is 3. The molecule has 0 spiro atoms. The summed E-state index contributed by atoms with van der Waals surface area (Å²) in [6.45, 7) is 14.4. The van der Waals surface area contributed by atoms with Crippen molar-refractivity contribution in [1.29, 1.82) is 0 Å². The van der Waals surface area contributed by atoms with E-state index >= 15 is 0 Å². The fourth-order valence-electron chi connectivity index (χ4n) is 3.44. The van der Waals surface area contributed by atoms with E-state index in [0.29, 0.717) is 17.8 Å². The molecule has 2 aromatic heterocycles. The second kappa shape index (κ2) is 12.9. The molecule has 0 aliphatic heterocycles. The van der Waals surface area contributed by atoms with Crippen LogP contribution in [0.4, 0.5) is 0 Å². The van der Waals surface area contributed by atoms with Crippen LogP contribution in [0.5, 0.6) is 0 Å². The van der Waals surface area contributed by atoms with Gasteiger partial charge in [0.15, 0.2) is 0 Å². The van der Waals surface area contributed by atoms with Gasteiger partial charge in [-0.25, -0.2) is 11.1 Å². The molecule has 4 aromatic rings. The monoisotopic (exact) mass is 634 g/mol. The molecule has 0 atom stereocenters. The van der Waals surface area contributed by atoms with Gasteiger partial charge >= 0.3 is 20.1 Å². The molecule has 0 unspecified atom stereocenters. The van der Waals surface area contributed by atoms with E-state index in [1.165, 1.54) is 17.5 Å². The minimum Gasteiger partial charge on any atom is -0.672 e. The van der Waals surface area contributed by atoms with E-state index < -0.39 is 0 Å². The van der Waals surface area contributed by atoms with Crippen LogP contribution in [0.1, 0.15) is 56.3 Å². The first-order valence-corrected chi connectivity index (χ1v) is 11.4. The van der Waals surface area contributed by atoms with Gasteiger partial charge in [0.05, 0.1) is 0 Å². The molecule has 0 saturated carbocycles. The molecule has 6 heteroatoms. The van der Waals surface area contributed by atoms with Crippen LogP contribution in [0.3, 0.4) is 0 Å². The molecular formula is C28H33IrN4O. The van der Waals surface area contributed by atoms with Crippen molar-refractivity contribution in [2.45, 2.75) is 66.7 Å². The number of nitrogens with zero attached hydrogens (tertiary/aromatic N) is 4. The molecule has 5 nitrogen and oxygen atoms in total. The zero-order valence-electron chi connectivity index (χ0n) is 21.0. The zero-order valence-corrected chi connectivity index (χ0v) is 23.4. The van der Waals surface area contributed by atoms with Crippen LogP contribution in [-0.2, 0) is 20.1 Å². The summed E-state index contributed by atoms with van der Waals surface area (Å²) in [6.07, 6.45) is 1.53. The second-order valence-electron chi connectivity index (χ2n) is 8.74. The van der Waals surface area contributed by atoms with Crippen LogP contribution in [0, 0.1) is 26.8 Å². The standard InChI is InChI=1S/C15H13N2O.C13H20N2.Ir/c1-9-4-6-12(7-5-9)14-13-10(2)11(3)18-15(13)17-8-16-14;1-10(2)14-13(15-11(3)4)12-8-6-5-7-9-12;/h4-6,8H,1-3H3;5-11,13H,1-4H3;/q-1;-2;+3. The molecule has 4 rings (SSSR count). The second-order valence-corrected chi connectivity index (χ2v) is 8.74. The summed E-state index contributed by atoms with van der Waals surface area (Å²) >= 11 is 0. The molecule has 180 valence electrons. The van der Waals surface area contributed by atoms with Crippen molar-refractivity contribution < 1.29 is 24.5 Å². The molecule has 0 N–H and O–H groups in total. The number of aromatic nitrogens is 2. The predicted molar refractivity (Wildman–Crippen MR) is 136 cm³/mol.